The molecule has 0 atom stereocenters. The third kappa shape index (κ3) is 6.76. The number of carbonyl (C=O) groups excluding carboxylic acids is 1. The smallest absolute Gasteiger partial charge is 0.317 e. The van der Waals surface area contributed by atoms with Gasteiger partial charge in [-0.15, -0.1) is 11.3 Å². The van der Waals surface area contributed by atoms with E-state index in [1.54, 1.807) is 18.4 Å². The number of nitrogens with one attached hydrogen (secondary N) is 1. The number of methoxy groups -OCH3 is 1. The Hall–Kier alpha value is -2.05. The lowest BCUT2D eigenvalue weighted by atomic mass is 10.2. The summed E-state index contributed by atoms with van der Waals surface area (Å²) in [4.78, 5) is 17.8. The summed E-state index contributed by atoms with van der Waals surface area (Å²) in [6.45, 7) is 2.71. The molecule has 0 fully saturated rings. The van der Waals surface area contributed by atoms with E-state index in [0.717, 1.165) is 24.3 Å². The number of ether oxygens (including phenoxy) is 1. The molecular formula is C19H27N3O2S. The number of carbonyl (C=O) groups is 1. The fourth-order valence-corrected chi connectivity index (χ4v) is 3.13. The van der Waals surface area contributed by atoms with Gasteiger partial charge < -0.3 is 19.9 Å². The fraction of sp³-hybridized carbons (Fsp3) is 0.421. The minimum atomic E-state index is -0.0266. The van der Waals surface area contributed by atoms with Crippen LogP contribution < -0.4 is 10.1 Å². The third-order valence-electron chi connectivity index (χ3n) is 3.84. The van der Waals surface area contributed by atoms with E-state index in [1.807, 2.05) is 49.3 Å². The van der Waals surface area contributed by atoms with Crippen LogP contribution in [-0.2, 0) is 13.0 Å². The Bertz CT molecular complexity index is 644. The Morgan fingerprint density at radius 3 is 2.72 bits per heavy atom. The average molecular weight is 362 g/mol. The van der Waals surface area contributed by atoms with Gasteiger partial charge in [0.05, 0.1) is 7.11 Å². The number of hydrogen-bond donors (Lipinski definition) is 1. The summed E-state index contributed by atoms with van der Waals surface area (Å²) in [6.07, 6.45) is 0.865. The topological polar surface area (TPSA) is 44.8 Å². The first-order valence-electron chi connectivity index (χ1n) is 8.41. The van der Waals surface area contributed by atoms with Crippen LogP contribution in [0.4, 0.5) is 4.79 Å². The molecule has 2 rings (SSSR count). The van der Waals surface area contributed by atoms with Crippen molar-refractivity contribution in [3.8, 4) is 5.75 Å². The first-order valence-corrected chi connectivity index (χ1v) is 9.29. The highest BCUT2D eigenvalue weighted by Crippen LogP contribution is 2.14. The highest BCUT2D eigenvalue weighted by Gasteiger charge is 2.14. The van der Waals surface area contributed by atoms with Gasteiger partial charge in [-0.1, -0.05) is 18.2 Å². The van der Waals surface area contributed by atoms with Crippen LogP contribution in [0.2, 0.25) is 0 Å². The quantitative estimate of drug-likeness (QED) is 0.747. The Labute approximate surface area is 154 Å². The normalized spacial score (nSPS) is 10.7. The number of benzene rings is 1. The molecule has 2 amide bonds. The predicted molar refractivity (Wildman–Crippen MR) is 103 cm³/mol. The lowest BCUT2D eigenvalue weighted by Gasteiger charge is -2.25. The molecule has 0 bridgehead atoms. The minimum absolute atomic E-state index is 0.0266. The summed E-state index contributed by atoms with van der Waals surface area (Å²) in [7, 11) is 5.68. The van der Waals surface area contributed by atoms with Crippen molar-refractivity contribution in [2.75, 3.05) is 40.8 Å². The molecule has 5 nitrogen and oxygen atoms in total. The highest BCUT2D eigenvalue weighted by molar-refractivity contribution is 7.09. The Morgan fingerprint density at radius 1 is 1.20 bits per heavy atom. The largest absolute Gasteiger partial charge is 0.497 e. The van der Waals surface area contributed by atoms with E-state index in [0.29, 0.717) is 19.6 Å². The number of urea groups is 1. The number of thiophene rings is 1. The van der Waals surface area contributed by atoms with E-state index >= 15 is 0 Å². The van der Waals surface area contributed by atoms with Gasteiger partial charge in [0.25, 0.3) is 0 Å². The van der Waals surface area contributed by atoms with E-state index in [9.17, 15) is 4.79 Å². The molecule has 6 heteroatoms. The Balaban J connectivity index is 1.94. The molecular weight excluding hydrogens is 334 g/mol. The first-order chi connectivity index (χ1) is 12.1. The van der Waals surface area contributed by atoms with Crippen molar-refractivity contribution in [2.24, 2.45) is 0 Å². The van der Waals surface area contributed by atoms with Crippen molar-refractivity contribution < 1.29 is 9.53 Å². The van der Waals surface area contributed by atoms with Gasteiger partial charge in [-0.3, -0.25) is 0 Å². The molecule has 0 aliphatic rings. The van der Waals surface area contributed by atoms with Gasteiger partial charge in [-0.05, 0) is 49.7 Å². The van der Waals surface area contributed by atoms with Gasteiger partial charge in [-0.25, -0.2) is 4.79 Å². The first kappa shape index (κ1) is 19.3. The van der Waals surface area contributed by atoms with Crippen LogP contribution in [0, 0.1) is 0 Å². The summed E-state index contributed by atoms with van der Waals surface area (Å²) in [6, 6.07) is 12.0. The van der Waals surface area contributed by atoms with E-state index in [-0.39, 0.29) is 6.03 Å². The van der Waals surface area contributed by atoms with E-state index in [1.165, 1.54) is 4.88 Å². The van der Waals surface area contributed by atoms with Crippen molar-refractivity contribution in [1.82, 2.24) is 15.1 Å². The number of hydrogen-bond acceptors (Lipinski definition) is 4. The lowest BCUT2D eigenvalue weighted by Crippen LogP contribution is -2.43. The van der Waals surface area contributed by atoms with Crippen LogP contribution >= 0.6 is 11.3 Å². The molecule has 0 unspecified atom stereocenters. The van der Waals surface area contributed by atoms with Gasteiger partial charge >= 0.3 is 6.03 Å². The Morgan fingerprint density at radius 2 is 2.04 bits per heavy atom. The fourth-order valence-electron chi connectivity index (χ4n) is 2.42. The zero-order valence-electron chi connectivity index (χ0n) is 15.2. The van der Waals surface area contributed by atoms with Gasteiger partial charge in [0.15, 0.2) is 0 Å². The van der Waals surface area contributed by atoms with Gasteiger partial charge in [0, 0.05) is 31.1 Å². The highest BCUT2D eigenvalue weighted by atomic mass is 32.1. The zero-order valence-corrected chi connectivity index (χ0v) is 16.0. The lowest BCUT2D eigenvalue weighted by molar-refractivity contribution is 0.189. The van der Waals surface area contributed by atoms with Crippen molar-refractivity contribution in [2.45, 2.75) is 13.0 Å². The molecule has 1 N–H and O–H groups in total. The van der Waals surface area contributed by atoms with Gasteiger partial charge in [-0.2, -0.15) is 0 Å². The van der Waals surface area contributed by atoms with Gasteiger partial charge in [0.1, 0.15) is 5.75 Å². The van der Waals surface area contributed by atoms with Crippen LogP contribution in [0.1, 0.15) is 10.4 Å². The average Bonchev–Trinajstić information content (AvgIpc) is 3.12. The van der Waals surface area contributed by atoms with Crippen LogP contribution in [-0.4, -0.2) is 56.7 Å². The molecule has 25 heavy (non-hydrogen) atoms. The van der Waals surface area contributed by atoms with Crippen molar-refractivity contribution >= 4 is 17.4 Å². The summed E-state index contributed by atoms with van der Waals surface area (Å²) in [5, 5.41) is 5.10. The molecule has 0 spiro atoms. The van der Waals surface area contributed by atoms with Crippen LogP contribution in [0.5, 0.6) is 5.75 Å². The Kier molecular flexibility index (Phi) is 7.76. The van der Waals surface area contributed by atoms with Crippen LogP contribution in [0.25, 0.3) is 0 Å². The molecule has 1 heterocycles. The number of nitrogens with zero attached hydrogens (tertiary/aromatic N) is 2. The van der Waals surface area contributed by atoms with Crippen LogP contribution in [0.3, 0.4) is 0 Å². The maximum atomic E-state index is 12.6. The summed E-state index contributed by atoms with van der Waals surface area (Å²) in [5.74, 6) is 0.808. The maximum absolute atomic E-state index is 12.6. The molecule has 136 valence electrons. The standard InChI is InChI=1S/C19H27N3O2S/c1-21(2)11-12-22(15-16-6-4-7-17(14-16)24-3)19(23)20-10-9-18-8-5-13-25-18/h4-8,13-14H,9-12,15H2,1-3H3,(H,20,23). The second-order valence-corrected chi connectivity index (χ2v) is 7.17. The van der Waals surface area contributed by atoms with E-state index < -0.39 is 0 Å². The summed E-state index contributed by atoms with van der Waals surface area (Å²) >= 11 is 1.72. The second-order valence-electron chi connectivity index (χ2n) is 6.14. The van der Waals surface area contributed by atoms with Crippen LogP contribution in [0.15, 0.2) is 41.8 Å². The molecule has 0 saturated carbocycles. The van der Waals surface area contributed by atoms with Gasteiger partial charge in [0.2, 0.25) is 0 Å². The van der Waals surface area contributed by atoms with Crippen molar-refractivity contribution in [3.63, 3.8) is 0 Å². The number of rotatable bonds is 9. The summed E-state index contributed by atoms with van der Waals surface area (Å²) < 4.78 is 5.28. The zero-order chi connectivity index (χ0) is 18.1. The summed E-state index contributed by atoms with van der Waals surface area (Å²) in [5.41, 5.74) is 1.06. The molecule has 0 aliphatic heterocycles. The monoisotopic (exact) mass is 361 g/mol. The maximum Gasteiger partial charge on any atom is 0.317 e. The van der Waals surface area contributed by atoms with E-state index in [2.05, 4.69) is 21.7 Å². The molecule has 0 aliphatic carbocycles. The van der Waals surface area contributed by atoms with Crippen molar-refractivity contribution in [3.05, 3.63) is 52.2 Å². The second kappa shape index (κ2) is 10.1. The molecule has 1 aromatic heterocycles. The van der Waals surface area contributed by atoms with E-state index in [4.69, 9.17) is 4.74 Å². The van der Waals surface area contributed by atoms with Crippen molar-refractivity contribution in [1.29, 1.82) is 0 Å². The molecule has 2 aromatic rings. The predicted octanol–water partition coefficient (Wildman–Crippen LogP) is 3.07. The molecule has 1 aromatic carbocycles. The third-order valence-corrected chi connectivity index (χ3v) is 4.78. The molecule has 0 saturated heterocycles. The molecule has 0 radical (unpaired) electrons. The minimum Gasteiger partial charge on any atom is -0.497 e. The SMILES string of the molecule is COc1cccc(CN(CCN(C)C)C(=O)NCCc2cccs2)c1. The number of amides is 2. The number of likely N-dealkylation sites (N-methyl/N-ethyl adjacent to an activating group) is 1.